The van der Waals surface area contributed by atoms with Crippen LogP contribution in [0.15, 0.2) is 54.7 Å². The number of Topliss-reactive ketones (excluding diaryl/α,β-unsaturated/α-hetero) is 1. The lowest BCUT2D eigenvalue weighted by Gasteiger charge is -2.36. The van der Waals surface area contributed by atoms with Crippen LogP contribution in [0.2, 0.25) is 0 Å². The summed E-state index contributed by atoms with van der Waals surface area (Å²) in [5.41, 5.74) is 1.66. The van der Waals surface area contributed by atoms with Crippen molar-refractivity contribution in [1.29, 1.82) is 0 Å². The predicted octanol–water partition coefficient (Wildman–Crippen LogP) is 3.54. The molecule has 0 bridgehead atoms. The highest BCUT2D eigenvalue weighted by atomic mass is 16.5. The third-order valence-electron chi connectivity index (χ3n) is 6.92. The number of hydrogen-bond acceptors (Lipinski definition) is 5. The summed E-state index contributed by atoms with van der Waals surface area (Å²) in [6.07, 6.45) is 5.55. The van der Waals surface area contributed by atoms with Gasteiger partial charge < -0.3 is 25.0 Å². The van der Waals surface area contributed by atoms with Crippen LogP contribution in [0.3, 0.4) is 0 Å². The third kappa shape index (κ3) is 5.99. The van der Waals surface area contributed by atoms with Gasteiger partial charge in [-0.1, -0.05) is 49.6 Å². The second kappa shape index (κ2) is 11.7. The number of benzene rings is 2. The standard InChI is InChI=1S/C28H31N3O6/c1-37-20-13-11-18(12-14-20)15-30-27(35)25(19-7-3-2-4-8-19)31(17-24(32)33)28(36)26(34)22-16-29-23-10-6-5-9-21(22)23/h5-6,9-14,16,19,25,29H,2-4,7-8,15,17H2,1H3,(H,30,35)(H,32,33). The van der Waals surface area contributed by atoms with Crippen LogP contribution in [0.1, 0.15) is 48.0 Å². The van der Waals surface area contributed by atoms with Crippen LogP contribution in [-0.4, -0.2) is 58.3 Å². The van der Waals surface area contributed by atoms with E-state index in [-0.39, 0.29) is 18.0 Å². The molecule has 1 fully saturated rings. The minimum Gasteiger partial charge on any atom is -0.497 e. The minimum absolute atomic E-state index is 0.150. The first-order valence-electron chi connectivity index (χ1n) is 12.4. The Kier molecular flexibility index (Phi) is 8.22. The van der Waals surface area contributed by atoms with E-state index in [4.69, 9.17) is 4.74 Å². The van der Waals surface area contributed by atoms with Gasteiger partial charge in [0.1, 0.15) is 18.3 Å². The van der Waals surface area contributed by atoms with E-state index in [0.29, 0.717) is 29.5 Å². The normalized spacial score (nSPS) is 14.6. The Balaban J connectivity index is 1.62. The van der Waals surface area contributed by atoms with Crippen LogP contribution < -0.4 is 10.1 Å². The van der Waals surface area contributed by atoms with Crippen LogP contribution in [0.25, 0.3) is 10.9 Å². The van der Waals surface area contributed by atoms with Gasteiger partial charge in [0.25, 0.3) is 11.7 Å². The molecule has 1 unspecified atom stereocenters. The van der Waals surface area contributed by atoms with Gasteiger partial charge in [-0.05, 0) is 42.5 Å². The summed E-state index contributed by atoms with van der Waals surface area (Å²) in [6.45, 7) is -0.554. The molecule has 1 heterocycles. The second-order valence-electron chi connectivity index (χ2n) is 9.31. The van der Waals surface area contributed by atoms with E-state index in [9.17, 15) is 24.3 Å². The zero-order valence-electron chi connectivity index (χ0n) is 20.7. The summed E-state index contributed by atoms with van der Waals surface area (Å²) >= 11 is 0. The summed E-state index contributed by atoms with van der Waals surface area (Å²) in [5, 5.41) is 13.1. The Hall–Kier alpha value is -4.14. The molecule has 1 aromatic heterocycles. The number of aromatic amines is 1. The molecule has 3 N–H and O–H groups in total. The molecule has 2 amide bonds. The lowest BCUT2D eigenvalue weighted by Crippen LogP contribution is -2.56. The fraction of sp³-hybridized carbons (Fsp3) is 0.357. The number of carboxylic acid groups (broad SMARTS) is 1. The van der Waals surface area contributed by atoms with Crippen molar-refractivity contribution >= 4 is 34.5 Å². The van der Waals surface area contributed by atoms with Gasteiger partial charge in [0.2, 0.25) is 5.91 Å². The van der Waals surface area contributed by atoms with Gasteiger partial charge in [0.15, 0.2) is 0 Å². The number of carbonyl (C=O) groups is 4. The number of carboxylic acids is 1. The smallest absolute Gasteiger partial charge is 0.323 e. The Morgan fingerprint density at radius 2 is 1.76 bits per heavy atom. The van der Waals surface area contributed by atoms with E-state index < -0.39 is 36.2 Å². The molecule has 0 spiro atoms. The van der Waals surface area contributed by atoms with E-state index in [1.54, 1.807) is 43.5 Å². The topological polar surface area (TPSA) is 129 Å². The predicted molar refractivity (Wildman–Crippen MR) is 137 cm³/mol. The number of hydrogen-bond donors (Lipinski definition) is 3. The summed E-state index contributed by atoms with van der Waals surface area (Å²) in [7, 11) is 1.57. The number of aliphatic carboxylic acids is 1. The van der Waals surface area contributed by atoms with Gasteiger partial charge in [0.05, 0.1) is 12.7 Å². The van der Waals surface area contributed by atoms with Crippen LogP contribution >= 0.6 is 0 Å². The first-order valence-corrected chi connectivity index (χ1v) is 12.4. The zero-order chi connectivity index (χ0) is 26.4. The first-order chi connectivity index (χ1) is 17.9. The first kappa shape index (κ1) is 25.9. The molecule has 1 aliphatic carbocycles. The van der Waals surface area contributed by atoms with Crippen LogP contribution in [-0.2, 0) is 20.9 Å². The van der Waals surface area contributed by atoms with E-state index >= 15 is 0 Å². The molecule has 3 aromatic rings. The number of ketones is 1. The third-order valence-corrected chi connectivity index (χ3v) is 6.92. The van der Waals surface area contributed by atoms with E-state index in [1.165, 1.54) is 6.20 Å². The van der Waals surface area contributed by atoms with Gasteiger partial charge in [-0.25, -0.2) is 0 Å². The number of nitrogens with zero attached hydrogens (tertiary/aromatic N) is 1. The molecular weight excluding hydrogens is 474 g/mol. The molecule has 37 heavy (non-hydrogen) atoms. The molecule has 9 nitrogen and oxygen atoms in total. The van der Waals surface area contributed by atoms with Crippen molar-refractivity contribution in [2.75, 3.05) is 13.7 Å². The Morgan fingerprint density at radius 3 is 2.43 bits per heavy atom. The number of rotatable bonds is 10. The van der Waals surface area contributed by atoms with Crippen molar-refractivity contribution in [2.24, 2.45) is 5.92 Å². The molecule has 2 aromatic carbocycles. The number of methoxy groups -OCH3 is 1. The van der Waals surface area contributed by atoms with E-state index in [2.05, 4.69) is 10.3 Å². The molecule has 194 valence electrons. The molecular formula is C28H31N3O6. The van der Waals surface area contributed by atoms with E-state index in [1.807, 2.05) is 12.1 Å². The fourth-order valence-corrected chi connectivity index (χ4v) is 5.04. The Morgan fingerprint density at radius 1 is 1.05 bits per heavy atom. The quantitative estimate of drug-likeness (QED) is 0.286. The molecule has 4 rings (SSSR count). The minimum atomic E-state index is -1.29. The average molecular weight is 506 g/mol. The number of ether oxygens (including phenoxy) is 1. The molecule has 0 saturated heterocycles. The Labute approximate surface area is 214 Å². The lowest BCUT2D eigenvalue weighted by atomic mass is 9.82. The lowest BCUT2D eigenvalue weighted by molar-refractivity contribution is -0.148. The summed E-state index contributed by atoms with van der Waals surface area (Å²) in [6, 6.07) is 13.2. The number of H-pyrrole nitrogens is 1. The van der Waals surface area contributed by atoms with Crippen molar-refractivity contribution in [3.05, 3.63) is 65.9 Å². The Bertz CT molecular complexity index is 1280. The number of fused-ring (bicyclic) bond motifs is 1. The van der Waals surface area contributed by atoms with Gasteiger partial charge in [-0.3, -0.25) is 19.2 Å². The summed E-state index contributed by atoms with van der Waals surface area (Å²) in [4.78, 5) is 56.2. The molecule has 1 atom stereocenters. The largest absolute Gasteiger partial charge is 0.497 e. The highest BCUT2D eigenvalue weighted by Gasteiger charge is 2.40. The number of para-hydroxylation sites is 1. The molecule has 0 radical (unpaired) electrons. The number of aromatic nitrogens is 1. The molecule has 9 heteroatoms. The van der Waals surface area contributed by atoms with Crippen molar-refractivity contribution in [3.63, 3.8) is 0 Å². The second-order valence-corrected chi connectivity index (χ2v) is 9.31. The van der Waals surface area contributed by atoms with Crippen LogP contribution in [0.4, 0.5) is 0 Å². The highest BCUT2D eigenvalue weighted by Crippen LogP contribution is 2.30. The number of amides is 2. The van der Waals surface area contributed by atoms with Crippen molar-refractivity contribution in [1.82, 2.24) is 15.2 Å². The zero-order valence-corrected chi connectivity index (χ0v) is 20.7. The summed E-state index contributed by atoms with van der Waals surface area (Å²) in [5.74, 6) is -3.16. The van der Waals surface area contributed by atoms with Crippen molar-refractivity contribution in [3.8, 4) is 5.75 Å². The number of nitrogens with one attached hydrogen (secondary N) is 2. The molecule has 1 saturated carbocycles. The van der Waals surface area contributed by atoms with Crippen LogP contribution in [0.5, 0.6) is 5.75 Å². The maximum absolute atomic E-state index is 13.6. The average Bonchev–Trinajstić information content (AvgIpc) is 3.35. The molecule has 0 aliphatic heterocycles. The SMILES string of the molecule is COc1ccc(CNC(=O)C(C2CCCCC2)N(CC(=O)O)C(=O)C(=O)c2c[nH]c3ccccc23)cc1. The van der Waals surface area contributed by atoms with Gasteiger partial charge >= 0.3 is 5.97 Å². The van der Waals surface area contributed by atoms with E-state index in [0.717, 1.165) is 29.7 Å². The van der Waals surface area contributed by atoms with Gasteiger partial charge in [0, 0.05) is 23.6 Å². The van der Waals surface area contributed by atoms with Crippen molar-refractivity contribution in [2.45, 2.75) is 44.7 Å². The maximum atomic E-state index is 13.6. The van der Waals surface area contributed by atoms with Gasteiger partial charge in [-0.15, -0.1) is 0 Å². The van der Waals surface area contributed by atoms with Crippen LogP contribution in [0, 0.1) is 5.92 Å². The van der Waals surface area contributed by atoms with Gasteiger partial charge in [-0.2, -0.15) is 0 Å². The highest BCUT2D eigenvalue weighted by molar-refractivity contribution is 6.45. The van der Waals surface area contributed by atoms with Crippen molar-refractivity contribution < 1.29 is 29.0 Å². The maximum Gasteiger partial charge on any atom is 0.323 e. The monoisotopic (exact) mass is 505 g/mol. The fourth-order valence-electron chi connectivity index (χ4n) is 5.04. The summed E-state index contributed by atoms with van der Waals surface area (Å²) < 4.78 is 5.17. The molecule has 1 aliphatic rings. The number of carbonyl (C=O) groups excluding carboxylic acids is 3.